The summed E-state index contributed by atoms with van der Waals surface area (Å²) in [4.78, 5) is 12.3. The summed E-state index contributed by atoms with van der Waals surface area (Å²) in [5, 5.41) is 2.84. The lowest BCUT2D eigenvalue weighted by Crippen LogP contribution is -2.31. The van der Waals surface area contributed by atoms with Crippen molar-refractivity contribution in [3.8, 4) is 11.5 Å². The van der Waals surface area contributed by atoms with Crippen molar-refractivity contribution in [2.45, 2.75) is 30.3 Å². The van der Waals surface area contributed by atoms with E-state index in [2.05, 4.69) is 10.0 Å². The highest BCUT2D eigenvalue weighted by molar-refractivity contribution is 7.92. The lowest BCUT2D eigenvalue weighted by molar-refractivity contribution is 0.0858. The van der Waals surface area contributed by atoms with Gasteiger partial charge in [-0.15, -0.1) is 0 Å². The van der Waals surface area contributed by atoms with Gasteiger partial charge in [-0.2, -0.15) is 0 Å². The molecule has 1 fully saturated rings. The van der Waals surface area contributed by atoms with Crippen LogP contribution in [0.4, 0.5) is 5.69 Å². The van der Waals surface area contributed by atoms with Gasteiger partial charge in [0.15, 0.2) is 11.5 Å². The van der Waals surface area contributed by atoms with E-state index in [-0.39, 0.29) is 16.9 Å². The number of carbonyl (C=O) groups excluding carboxylic acids is 1. The minimum Gasteiger partial charge on any atom is -0.490 e. The molecular formula is C21H24N2O6S. The zero-order valence-corrected chi connectivity index (χ0v) is 17.2. The van der Waals surface area contributed by atoms with Gasteiger partial charge in [0.25, 0.3) is 15.9 Å². The van der Waals surface area contributed by atoms with Crippen molar-refractivity contribution in [2.24, 2.45) is 0 Å². The standard InChI is InChI=1S/C21H24N2O6S/c24-21(22-14-17-3-1-10-27-17)15-4-6-16(7-5-15)23-30(25,26)18-8-9-19-20(13-18)29-12-2-11-28-19/h4-9,13,17,23H,1-3,10-12,14H2,(H,22,24). The number of carbonyl (C=O) groups is 1. The third-order valence-electron chi connectivity index (χ3n) is 4.94. The van der Waals surface area contributed by atoms with Gasteiger partial charge in [0.05, 0.1) is 24.2 Å². The van der Waals surface area contributed by atoms with Crippen molar-refractivity contribution in [3.05, 3.63) is 48.0 Å². The molecule has 2 N–H and O–H groups in total. The van der Waals surface area contributed by atoms with Gasteiger partial charge in [-0.05, 0) is 49.2 Å². The van der Waals surface area contributed by atoms with E-state index >= 15 is 0 Å². The van der Waals surface area contributed by atoms with Crippen molar-refractivity contribution < 1.29 is 27.4 Å². The molecule has 2 aliphatic rings. The number of sulfonamides is 1. The first-order chi connectivity index (χ1) is 14.5. The van der Waals surface area contributed by atoms with Crippen LogP contribution in [0.25, 0.3) is 0 Å². The molecule has 8 nitrogen and oxygen atoms in total. The topological polar surface area (TPSA) is 103 Å². The molecule has 1 saturated heterocycles. The SMILES string of the molecule is O=C(NCC1CCCO1)c1ccc(NS(=O)(=O)c2ccc3c(c2)OCCCO3)cc1. The summed E-state index contributed by atoms with van der Waals surface area (Å²) >= 11 is 0. The first-order valence-electron chi connectivity index (χ1n) is 9.94. The Balaban J connectivity index is 1.40. The predicted molar refractivity (Wildman–Crippen MR) is 111 cm³/mol. The van der Waals surface area contributed by atoms with Gasteiger partial charge in [0, 0.05) is 36.9 Å². The maximum atomic E-state index is 12.7. The van der Waals surface area contributed by atoms with E-state index in [1.165, 1.54) is 12.1 Å². The van der Waals surface area contributed by atoms with E-state index in [9.17, 15) is 13.2 Å². The van der Waals surface area contributed by atoms with Gasteiger partial charge >= 0.3 is 0 Å². The van der Waals surface area contributed by atoms with Crippen LogP contribution < -0.4 is 19.5 Å². The Labute approximate surface area is 175 Å². The fourth-order valence-corrected chi connectivity index (χ4v) is 4.40. The number of ether oxygens (including phenoxy) is 3. The molecule has 9 heteroatoms. The molecule has 2 heterocycles. The number of hydrogen-bond donors (Lipinski definition) is 2. The van der Waals surface area contributed by atoms with Crippen LogP contribution in [0.1, 0.15) is 29.6 Å². The molecule has 160 valence electrons. The molecule has 0 radical (unpaired) electrons. The molecule has 2 aliphatic heterocycles. The third-order valence-corrected chi connectivity index (χ3v) is 6.32. The van der Waals surface area contributed by atoms with E-state index in [1.807, 2.05) is 0 Å². The molecule has 0 bridgehead atoms. The number of amides is 1. The van der Waals surface area contributed by atoms with Gasteiger partial charge < -0.3 is 19.5 Å². The van der Waals surface area contributed by atoms with E-state index in [0.717, 1.165) is 25.9 Å². The quantitative estimate of drug-likeness (QED) is 0.727. The van der Waals surface area contributed by atoms with Gasteiger partial charge in [-0.3, -0.25) is 9.52 Å². The summed E-state index contributed by atoms with van der Waals surface area (Å²) in [6.45, 7) is 2.21. The summed E-state index contributed by atoms with van der Waals surface area (Å²) in [6.07, 6.45) is 2.76. The Hall–Kier alpha value is -2.78. The van der Waals surface area contributed by atoms with Gasteiger partial charge in [-0.1, -0.05) is 0 Å². The van der Waals surface area contributed by atoms with Crippen molar-refractivity contribution in [2.75, 3.05) is 31.1 Å². The normalized spacial score (nSPS) is 18.5. The highest BCUT2D eigenvalue weighted by Gasteiger charge is 2.20. The predicted octanol–water partition coefficient (Wildman–Crippen LogP) is 2.56. The summed E-state index contributed by atoms with van der Waals surface area (Å²) in [7, 11) is -3.82. The van der Waals surface area contributed by atoms with Gasteiger partial charge in [-0.25, -0.2) is 8.42 Å². The molecule has 30 heavy (non-hydrogen) atoms. The molecule has 0 aromatic heterocycles. The summed E-state index contributed by atoms with van der Waals surface area (Å²) in [5.74, 6) is 0.723. The van der Waals surface area contributed by atoms with Crippen molar-refractivity contribution >= 4 is 21.6 Å². The average Bonchev–Trinajstić information content (AvgIpc) is 3.15. The molecule has 2 aromatic rings. The molecule has 0 spiro atoms. The number of fused-ring (bicyclic) bond motifs is 1. The minimum absolute atomic E-state index is 0.0651. The lowest BCUT2D eigenvalue weighted by Gasteiger charge is -2.12. The van der Waals surface area contributed by atoms with E-state index in [0.29, 0.717) is 42.5 Å². The highest BCUT2D eigenvalue weighted by atomic mass is 32.2. The number of hydrogen-bond acceptors (Lipinski definition) is 6. The van der Waals surface area contributed by atoms with Crippen LogP contribution in [0.15, 0.2) is 47.4 Å². The van der Waals surface area contributed by atoms with E-state index in [4.69, 9.17) is 14.2 Å². The second kappa shape index (κ2) is 8.93. The molecule has 4 rings (SSSR count). The number of nitrogens with one attached hydrogen (secondary N) is 2. The Bertz CT molecular complexity index is 1000. The number of anilines is 1. The second-order valence-corrected chi connectivity index (χ2v) is 8.87. The summed E-state index contributed by atoms with van der Waals surface area (Å²) in [5.41, 5.74) is 0.810. The van der Waals surface area contributed by atoms with E-state index in [1.54, 1.807) is 30.3 Å². The number of rotatable bonds is 6. The Morgan fingerprint density at radius 3 is 2.47 bits per heavy atom. The van der Waals surface area contributed by atoms with Crippen molar-refractivity contribution in [1.29, 1.82) is 0 Å². The zero-order valence-electron chi connectivity index (χ0n) is 16.4. The average molecular weight is 432 g/mol. The first-order valence-corrected chi connectivity index (χ1v) is 11.4. The monoisotopic (exact) mass is 432 g/mol. The Morgan fingerprint density at radius 1 is 0.967 bits per heavy atom. The third kappa shape index (κ3) is 4.85. The van der Waals surface area contributed by atoms with Gasteiger partial charge in [0.1, 0.15) is 0 Å². The fraction of sp³-hybridized carbons (Fsp3) is 0.381. The molecular weight excluding hydrogens is 408 g/mol. The first kappa shape index (κ1) is 20.5. The molecule has 1 amide bonds. The number of benzene rings is 2. The molecule has 0 aliphatic carbocycles. The van der Waals surface area contributed by atoms with Crippen molar-refractivity contribution in [1.82, 2.24) is 5.32 Å². The van der Waals surface area contributed by atoms with Crippen LogP contribution in [0.5, 0.6) is 11.5 Å². The Morgan fingerprint density at radius 2 is 1.73 bits per heavy atom. The van der Waals surface area contributed by atoms with Crippen LogP contribution >= 0.6 is 0 Å². The van der Waals surface area contributed by atoms with Crippen LogP contribution in [0.3, 0.4) is 0 Å². The molecule has 1 unspecified atom stereocenters. The van der Waals surface area contributed by atoms with Crippen LogP contribution in [0.2, 0.25) is 0 Å². The van der Waals surface area contributed by atoms with Gasteiger partial charge in [0.2, 0.25) is 0 Å². The lowest BCUT2D eigenvalue weighted by atomic mass is 10.2. The zero-order chi connectivity index (χ0) is 21.0. The Kier molecular flexibility index (Phi) is 6.10. The highest BCUT2D eigenvalue weighted by Crippen LogP contribution is 2.32. The maximum absolute atomic E-state index is 12.7. The molecule has 2 aromatic carbocycles. The largest absolute Gasteiger partial charge is 0.490 e. The smallest absolute Gasteiger partial charge is 0.262 e. The summed E-state index contributed by atoms with van der Waals surface area (Å²) < 4.78 is 44.6. The van der Waals surface area contributed by atoms with Crippen LogP contribution in [0, 0.1) is 0 Å². The van der Waals surface area contributed by atoms with Crippen molar-refractivity contribution in [3.63, 3.8) is 0 Å². The molecule has 0 saturated carbocycles. The van der Waals surface area contributed by atoms with Crippen LogP contribution in [-0.4, -0.2) is 46.8 Å². The maximum Gasteiger partial charge on any atom is 0.262 e. The molecule has 1 atom stereocenters. The van der Waals surface area contributed by atoms with E-state index < -0.39 is 10.0 Å². The van der Waals surface area contributed by atoms with Crippen LogP contribution in [-0.2, 0) is 14.8 Å². The minimum atomic E-state index is -3.82. The summed E-state index contributed by atoms with van der Waals surface area (Å²) in [6, 6.07) is 10.8. The second-order valence-electron chi connectivity index (χ2n) is 7.19. The fourth-order valence-electron chi connectivity index (χ4n) is 3.33.